The predicted octanol–water partition coefficient (Wildman–Crippen LogP) is 5.69. The monoisotopic (exact) mass is 463 g/mol. The van der Waals surface area contributed by atoms with E-state index in [1.807, 2.05) is 12.1 Å². The molecule has 0 saturated heterocycles. The lowest BCUT2D eigenvalue weighted by molar-refractivity contribution is -0.143. The number of fused-ring (bicyclic) bond motifs is 1. The van der Waals surface area contributed by atoms with Crippen LogP contribution in [0.1, 0.15) is 28.8 Å². The van der Waals surface area contributed by atoms with Crippen LogP contribution in [0.25, 0.3) is 11.3 Å². The first kappa shape index (κ1) is 22.3. The number of thioether (sulfide) groups is 1. The zero-order chi connectivity index (χ0) is 22.7. The zero-order valence-corrected chi connectivity index (χ0v) is 18.0. The number of alkyl halides is 3. The molecule has 32 heavy (non-hydrogen) atoms. The Labute approximate surface area is 186 Å². The van der Waals surface area contributed by atoms with Crippen molar-refractivity contribution in [3.63, 3.8) is 0 Å². The highest BCUT2D eigenvalue weighted by Crippen LogP contribution is 2.39. The smallest absolute Gasteiger partial charge is 0.416 e. The van der Waals surface area contributed by atoms with Crippen molar-refractivity contribution in [3.8, 4) is 17.1 Å². The molecule has 1 aromatic heterocycles. The van der Waals surface area contributed by atoms with Gasteiger partial charge in [0.1, 0.15) is 5.75 Å². The fourth-order valence-electron chi connectivity index (χ4n) is 3.60. The van der Waals surface area contributed by atoms with Crippen molar-refractivity contribution >= 4 is 17.7 Å². The van der Waals surface area contributed by atoms with Gasteiger partial charge in [-0.3, -0.25) is 0 Å². The average Bonchev–Trinajstić information content (AvgIpc) is 3.46. The fraction of sp³-hybridized carbons (Fsp3) is 0.304. The third-order valence-electron chi connectivity index (χ3n) is 5.20. The van der Waals surface area contributed by atoms with Gasteiger partial charge in [0.2, 0.25) is 0 Å². The zero-order valence-electron chi connectivity index (χ0n) is 17.2. The lowest BCUT2D eigenvalue weighted by atomic mass is 10.1. The molecule has 0 amide bonds. The second-order valence-corrected chi connectivity index (χ2v) is 8.30. The van der Waals surface area contributed by atoms with Gasteiger partial charge < -0.3 is 14.0 Å². The van der Waals surface area contributed by atoms with Crippen LogP contribution >= 0.6 is 11.8 Å². The molecule has 0 radical (unpaired) electrons. The van der Waals surface area contributed by atoms with Crippen LogP contribution in [0.4, 0.5) is 13.2 Å². The lowest BCUT2D eigenvalue weighted by Crippen LogP contribution is -2.13. The van der Waals surface area contributed by atoms with Gasteiger partial charge >= 0.3 is 12.1 Å². The number of nitrogens with zero attached hydrogens (tertiary/aromatic N) is 1. The van der Waals surface area contributed by atoms with Crippen molar-refractivity contribution in [2.24, 2.45) is 0 Å². The molecule has 1 heterocycles. The molecule has 2 aromatic carbocycles. The topological polar surface area (TPSA) is 61.6 Å². The second kappa shape index (κ2) is 9.28. The molecule has 0 fully saturated rings. The molecule has 4 rings (SSSR count). The fourth-order valence-corrected chi connectivity index (χ4v) is 4.60. The summed E-state index contributed by atoms with van der Waals surface area (Å²) in [4.78, 5) is 12.5. The van der Waals surface area contributed by atoms with Gasteiger partial charge in [-0.2, -0.15) is 13.2 Å². The summed E-state index contributed by atoms with van der Waals surface area (Å²) < 4.78 is 53.8. The highest BCUT2D eigenvalue weighted by molar-refractivity contribution is 7.98. The Morgan fingerprint density at radius 1 is 1.12 bits per heavy atom. The number of hydrogen-bond donors (Lipinski definition) is 0. The third kappa shape index (κ3) is 4.93. The number of ether oxygens (including phenoxy) is 2. The van der Waals surface area contributed by atoms with Crippen LogP contribution in [0, 0.1) is 0 Å². The van der Waals surface area contributed by atoms with Crippen molar-refractivity contribution in [2.75, 3.05) is 13.7 Å². The Morgan fingerprint density at radius 3 is 2.59 bits per heavy atom. The molecule has 0 atom stereocenters. The second-order valence-electron chi connectivity index (χ2n) is 7.28. The predicted molar refractivity (Wildman–Crippen MR) is 112 cm³/mol. The quantitative estimate of drug-likeness (QED) is 0.331. The van der Waals surface area contributed by atoms with Gasteiger partial charge in [0.25, 0.3) is 0 Å². The van der Waals surface area contributed by atoms with Crippen LogP contribution in [0.3, 0.4) is 0 Å². The summed E-state index contributed by atoms with van der Waals surface area (Å²) in [5.74, 6) is 1.26. The number of hydrogen-bond acceptors (Lipinski definition) is 6. The van der Waals surface area contributed by atoms with E-state index < -0.39 is 17.7 Å². The molecular weight excluding hydrogens is 443 g/mol. The average molecular weight is 463 g/mol. The number of esters is 1. The Balaban J connectivity index is 1.43. The van der Waals surface area contributed by atoms with E-state index in [4.69, 9.17) is 9.26 Å². The van der Waals surface area contributed by atoms with E-state index in [-0.39, 0.29) is 6.61 Å². The Morgan fingerprint density at radius 2 is 1.88 bits per heavy atom. The summed E-state index contributed by atoms with van der Waals surface area (Å²) in [6.07, 6.45) is -1.53. The molecule has 1 aliphatic carbocycles. The normalized spacial score (nSPS) is 13.1. The maximum atomic E-state index is 12.7. The first-order valence-corrected chi connectivity index (χ1v) is 10.9. The minimum absolute atomic E-state index is 0.124. The molecule has 0 spiro atoms. The highest BCUT2D eigenvalue weighted by Gasteiger charge is 2.30. The van der Waals surface area contributed by atoms with E-state index >= 15 is 0 Å². The maximum absolute atomic E-state index is 12.7. The highest BCUT2D eigenvalue weighted by atomic mass is 32.2. The number of benzene rings is 2. The van der Waals surface area contributed by atoms with E-state index in [9.17, 15) is 18.0 Å². The number of aromatic nitrogens is 1. The van der Waals surface area contributed by atoms with Gasteiger partial charge in [0.15, 0.2) is 12.4 Å². The molecule has 0 aliphatic heterocycles. The molecule has 5 nitrogen and oxygen atoms in total. The Bertz CT molecular complexity index is 1110. The van der Waals surface area contributed by atoms with Gasteiger partial charge in [0.05, 0.1) is 18.4 Å². The van der Waals surface area contributed by atoms with E-state index in [0.717, 1.165) is 41.9 Å². The summed E-state index contributed by atoms with van der Waals surface area (Å²) in [5, 5.41) is 4.05. The molecule has 0 saturated carbocycles. The van der Waals surface area contributed by atoms with Gasteiger partial charge in [-0.25, -0.2) is 4.79 Å². The van der Waals surface area contributed by atoms with Crippen LogP contribution < -0.4 is 4.74 Å². The van der Waals surface area contributed by atoms with Gasteiger partial charge in [-0.15, -0.1) is 11.8 Å². The number of carbonyl (C=O) groups is 1. The standard InChI is InChI=1S/C23H20F3NO4S/c1-29-22(28)12-30-19-9-10-21(18-4-2-3-17(18)19)32-13-16-11-20(31-27-16)14-5-7-15(8-6-14)23(24,25)26/h5-11H,2-4,12-13H2,1H3. The summed E-state index contributed by atoms with van der Waals surface area (Å²) in [5.41, 5.74) is 2.86. The number of rotatable bonds is 7. The van der Waals surface area contributed by atoms with Crippen LogP contribution in [0.15, 0.2) is 51.9 Å². The first-order chi connectivity index (χ1) is 15.3. The molecule has 0 unspecified atom stereocenters. The van der Waals surface area contributed by atoms with Gasteiger partial charge in [-0.05, 0) is 54.7 Å². The number of methoxy groups -OCH3 is 1. The van der Waals surface area contributed by atoms with Crippen molar-refractivity contribution in [2.45, 2.75) is 36.1 Å². The summed E-state index contributed by atoms with van der Waals surface area (Å²) in [6.45, 7) is -0.124. The minimum atomic E-state index is -4.37. The molecule has 1 aliphatic rings. The van der Waals surface area contributed by atoms with Crippen LogP contribution in [-0.4, -0.2) is 24.8 Å². The molecular formula is C23H20F3NO4S. The van der Waals surface area contributed by atoms with Gasteiger partial charge in [0, 0.05) is 22.3 Å². The van der Waals surface area contributed by atoms with Crippen molar-refractivity contribution in [1.29, 1.82) is 0 Å². The molecule has 0 bridgehead atoms. The Hall–Kier alpha value is -2.94. The van der Waals surface area contributed by atoms with E-state index in [1.54, 1.807) is 17.8 Å². The van der Waals surface area contributed by atoms with Gasteiger partial charge in [-0.1, -0.05) is 17.3 Å². The van der Waals surface area contributed by atoms with E-state index in [2.05, 4.69) is 9.89 Å². The van der Waals surface area contributed by atoms with Crippen LogP contribution in [-0.2, 0) is 34.3 Å². The van der Waals surface area contributed by atoms with Crippen molar-refractivity contribution in [3.05, 3.63) is 64.8 Å². The minimum Gasteiger partial charge on any atom is -0.482 e. The van der Waals surface area contributed by atoms with E-state index in [0.29, 0.717) is 28.5 Å². The molecule has 9 heteroatoms. The third-order valence-corrected chi connectivity index (χ3v) is 6.34. The lowest BCUT2D eigenvalue weighted by Gasteiger charge is -2.13. The summed E-state index contributed by atoms with van der Waals surface area (Å²) in [6, 6.07) is 10.4. The van der Waals surface area contributed by atoms with E-state index in [1.165, 1.54) is 24.8 Å². The summed E-state index contributed by atoms with van der Waals surface area (Å²) >= 11 is 1.61. The maximum Gasteiger partial charge on any atom is 0.416 e. The summed E-state index contributed by atoms with van der Waals surface area (Å²) in [7, 11) is 1.32. The van der Waals surface area contributed by atoms with Crippen LogP contribution in [0.5, 0.6) is 5.75 Å². The van der Waals surface area contributed by atoms with Crippen LogP contribution in [0.2, 0.25) is 0 Å². The molecule has 168 valence electrons. The van der Waals surface area contributed by atoms with Crippen molar-refractivity contribution < 1.29 is 32.0 Å². The SMILES string of the molecule is COC(=O)COc1ccc(SCc2cc(-c3ccc(C(F)(F)F)cc3)on2)c2c1CCC2. The number of carbonyl (C=O) groups excluding carboxylic acids is 1. The molecule has 0 N–H and O–H groups in total. The molecule has 3 aromatic rings. The Kier molecular flexibility index (Phi) is 6.45. The number of halogens is 3. The van der Waals surface area contributed by atoms with Crippen molar-refractivity contribution in [1.82, 2.24) is 5.16 Å². The largest absolute Gasteiger partial charge is 0.482 e. The first-order valence-electron chi connectivity index (χ1n) is 9.95.